The highest BCUT2D eigenvalue weighted by atomic mass is 35.5. The minimum Gasteiger partial charge on any atom is -0.487 e. The van der Waals surface area contributed by atoms with Gasteiger partial charge in [0, 0.05) is 51.3 Å². The fourth-order valence-electron chi connectivity index (χ4n) is 8.31. The summed E-state index contributed by atoms with van der Waals surface area (Å²) in [5.74, 6) is -3.77. The molecule has 4 aliphatic heterocycles. The monoisotopic (exact) mass is 835 g/mol. The largest absolute Gasteiger partial charge is 0.487 e. The Hall–Kier alpha value is -3.38. The van der Waals surface area contributed by atoms with Gasteiger partial charge in [0.1, 0.15) is 12.4 Å². The Balaban J connectivity index is 1.24. The number of likely N-dealkylation sites (tertiary alicyclic amines) is 1. The molecule has 57 heavy (non-hydrogen) atoms. The Labute approximate surface area is 337 Å². The predicted molar refractivity (Wildman–Crippen MR) is 209 cm³/mol. The third-order valence-corrected chi connectivity index (χ3v) is 13.6. The zero-order valence-electron chi connectivity index (χ0n) is 32.1. The van der Waals surface area contributed by atoms with Crippen LogP contribution in [0.3, 0.4) is 0 Å². The standard InChI is InChI=1S/C40H52ClF2N5O8S/c1-45-14-4-3-7-35(55-17-16-46-25-39(42,43)26-46)33-12-9-28(33)21-47-15-5-2-6-27-18-31(41)11-8-29(27)24-56-36-13-10-30(19-34(36)47)40(52,20-37(45)50)38(51)44-57(53,54)48-22-32(49)23-48/h3,7-8,10-11,13,18-19,28,32-33,35,49,52H,2,4-6,9,12,14-17,20-26H2,1H3,(H,44,51)/b7-3+/t28-,33+,35-,40+/m0/s1. The minimum absolute atomic E-state index is 0.0185. The van der Waals surface area contributed by atoms with E-state index in [9.17, 15) is 37.0 Å². The van der Waals surface area contributed by atoms with Gasteiger partial charge in [0.25, 0.3) is 11.8 Å². The van der Waals surface area contributed by atoms with Gasteiger partial charge in [0.05, 0.1) is 44.0 Å². The number of halogens is 3. The lowest BCUT2D eigenvalue weighted by molar-refractivity contribution is -0.148. The van der Waals surface area contributed by atoms with Gasteiger partial charge in [-0.25, -0.2) is 13.5 Å². The van der Waals surface area contributed by atoms with E-state index in [1.165, 1.54) is 11.0 Å². The fraction of sp³-hybridized carbons (Fsp3) is 0.600. The van der Waals surface area contributed by atoms with Crippen molar-refractivity contribution in [3.8, 4) is 5.75 Å². The van der Waals surface area contributed by atoms with Crippen LogP contribution in [0.2, 0.25) is 5.02 Å². The number of ether oxygens (including phenoxy) is 2. The lowest BCUT2D eigenvalue weighted by atomic mass is 9.70. The lowest BCUT2D eigenvalue weighted by Crippen LogP contribution is -2.60. The summed E-state index contributed by atoms with van der Waals surface area (Å²) in [4.78, 5) is 33.1. The summed E-state index contributed by atoms with van der Waals surface area (Å²) >= 11 is 6.38. The second-order valence-corrected chi connectivity index (χ2v) is 18.3. The molecule has 3 fully saturated rings. The molecule has 1 saturated carbocycles. The lowest BCUT2D eigenvalue weighted by Gasteiger charge is -2.44. The first-order valence-electron chi connectivity index (χ1n) is 19.7. The Morgan fingerprint density at radius 1 is 1.07 bits per heavy atom. The molecule has 2 saturated heterocycles. The number of anilines is 1. The van der Waals surface area contributed by atoms with Gasteiger partial charge >= 0.3 is 10.2 Å². The third kappa shape index (κ3) is 9.58. The van der Waals surface area contributed by atoms with E-state index in [0.29, 0.717) is 49.1 Å². The number of fused-ring (bicyclic) bond motifs is 3. The van der Waals surface area contributed by atoms with Crippen molar-refractivity contribution >= 4 is 39.3 Å². The zero-order chi connectivity index (χ0) is 40.5. The third-order valence-electron chi connectivity index (χ3n) is 12.0. The average Bonchev–Trinajstić information content (AvgIpc) is 3.15. The van der Waals surface area contributed by atoms with Gasteiger partial charge in [-0.1, -0.05) is 35.9 Å². The Morgan fingerprint density at radius 2 is 1.86 bits per heavy atom. The number of nitrogens with zero attached hydrogens (tertiary/aromatic N) is 4. The molecular weight excluding hydrogens is 784 g/mol. The van der Waals surface area contributed by atoms with Gasteiger partial charge < -0.3 is 29.5 Å². The second kappa shape index (κ2) is 17.1. The molecule has 0 radical (unpaired) electrons. The summed E-state index contributed by atoms with van der Waals surface area (Å²) in [6.07, 6.45) is 6.69. The van der Waals surface area contributed by atoms with Crippen LogP contribution in [0.1, 0.15) is 55.2 Å². The molecule has 2 aromatic carbocycles. The van der Waals surface area contributed by atoms with Gasteiger partial charge in [-0.2, -0.15) is 12.7 Å². The molecule has 0 unspecified atom stereocenters. The van der Waals surface area contributed by atoms with Crippen molar-refractivity contribution in [2.45, 2.75) is 75.3 Å². The molecule has 2 bridgehead atoms. The predicted octanol–water partition coefficient (Wildman–Crippen LogP) is 3.46. The molecule has 2 amide bonds. The SMILES string of the molecule is CN1CC/C=C/[C@H](OCCN2CC(F)(F)C2)[C@@H]2CC[C@H]2CN2CCCCc3cc(Cl)ccc3COc3ccc(cc32)[C@@](O)(C(=O)NS(=O)(=O)N2CC(O)C2)CC1=O. The van der Waals surface area contributed by atoms with Crippen molar-refractivity contribution in [3.05, 3.63) is 70.3 Å². The summed E-state index contributed by atoms with van der Waals surface area (Å²) in [6.45, 7) is 1.37. The van der Waals surface area contributed by atoms with Crippen LogP contribution in [0.15, 0.2) is 48.6 Å². The number of aliphatic hydroxyl groups excluding tert-OH is 1. The molecule has 4 atom stereocenters. The summed E-state index contributed by atoms with van der Waals surface area (Å²) in [5.41, 5.74) is 0.0386. The number of hydrogen-bond donors (Lipinski definition) is 3. The number of aryl methyl sites for hydroxylation is 1. The minimum atomic E-state index is -4.44. The number of carbonyl (C=O) groups excluding carboxylic acids is 2. The van der Waals surface area contributed by atoms with Gasteiger partial charge in [-0.15, -0.1) is 0 Å². The van der Waals surface area contributed by atoms with E-state index in [-0.39, 0.29) is 62.8 Å². The molecule has 7 rings (SSSR count). The normalized spacial score (nSPS) is 28.3. The van der Waals surface area contributed by atoms with E-state index in [0.717, 1.165) is 47.5 Å². The number of rotatable bonds is 7. The number of benzene rings is 2. The molecule has 13 nitrogen and oxygen atoms in total. The molecule has 3 N–H and O–H groups in total. The summed E-state index contributed by atoms with van der Waals surface area (Å²) in [7, 11) is -2.90. The van der Waals surface area contributed by atoms with Crippen LogP contribution in [-0.4, -0.2) is 129 Å². The van der Waals surface area contributed by atoms with E-state index in [1.807, 2.05) is 35.1 Å². The Kier molecular flexibility index (Phi) is 12.5. The summed E-state index contributed by atoms with van der Waals surface area (Å²) in [5, 5.41) is 22.7. The van der Waals surface area contributed by atoms with Crippen LogP contribution in [0.5, 0.6) is 5.75 Å². The number of carbonyl (C=O) groups is 2. The van der Waals surface area contributed by atoms with Crippen molar-refractivity contribution in [2.75, 3.05) is 70.9 Å². The van der Waals surface area contributed by atoms with Crippen LogP contribution in [-0.2, 0) is 43.2 Å². The highest BCUT2D eigenvalue weighted by molar-refractivity contribution is 7.87. The van der Waals surface area contributed by atoms with E-state index >= 15 is 0 Å². The highest BCUT2D eigenvalue weighted by Crippen LogP contribution is 2.43. The quantitative estimate of drug-likeness (QED) is 0.354. The fourth-order valence-corrected chi connectivity index (χ4v) is 9.77. The molecule has 17 heteroatoms. The maximum Gasteiger partial charge on any atom is 0.304 e. The van der Waals surface area contributed by atoms with Gasteiger partial charge in [0.15, 0.2) is 5.60 Å². The second-order valence-electron chi connectivity index (χ2n) is 16.2. The van der Waals surface area contributed by atoms with E-state index in [2.05, 4.69) is 4.90 Å². The van der Waals surface area contributed by atoms with E-state index in [1.54, 1.807) is 24.1 Å². The maximum atomic E-state index is 14.0. The van der Waals surface area contributed by atoms with E-state index < -0.39 is 46.1 Å². The molecule has 0 spiro atoms. The Morgan fingerprint density at radius 3 is 2.58 bits per heavy atom. The number of amides is 2. The van der Waals surface area contributed by atoms with Crippen molar-refractivity contribution in [2.24, 2.45) is 11.8 Å². The van der Waals surface area contributed by atoms with Gasteiger partial charge in [-0.05, 0) is 91.3 Å². The number of β-amino-alcohol motifs (C(OH)–C–C–N with tert-alkyl or cyclic N) is 1. The van der Waals surface area contributed by atoms with E-state index in [4.69, 9.17) is 21.1 Å². The molecular formula is C40H52ClF2N5O8S. The van der Waals surface area contributed by atoms with Crippen LogP contribution in [0, 0.1) is 11.8 Å². The maximum absolute atomic E-state index is 14.0. The molecule has 4 heterocycles. The van der Waals surface area contributed by atoms with Crippen molar-refractivity contribution < 1.29 is 46.5 Å². The number of aliphatic hydroxyl groups is 2. The highest BCUT2D eigenvalue weighted by Gasteiger charge is 2.47. The first-order chi connectivity index (χ1) is 27.1. The smallest absolute Gasteiger partial charge is 0.304 e. The zero-order valence-corrected chi connectivity index (χ0v) is 33.7. The first-order valence-corrected chi connectivity index (χ1v) is 21.6. The number of nitrogens with one attached hydrogen (secondary N) is 1. The van der Waals surface area contributed by atoms with Gasteiger partial charge in [-0.3, -0.25) is 14.5 Å². The molecule has 312 valence electrons. The first kappa shape index (κ1) is 41.8. The van der Waals surface area contributed by atoms with Crippen molar-refractivity contribution in [3.63, 3.8) is 0 Å². The molecule has 5 aliphatic rings. The van der Waals surface area contributed by atoms with Crippen LogP contribution in [0.25, 0.3) is 0 Å². The number of hydrogen-bond acceptors (Lipinski definition) is 10. The van der Waals surface area contributed by atoms with Crippen LogP contribution >= 0.6 is 11.6 Å². The molecule has 1 aliphatic carbocycles. The summed E-state index contributed by atoms with van der Waals surface area (Å²) in [6, 6.07) is 10.5. The van der Waals surface area contributed by atoms with Crippen molar-refractivity contribution in [1.29, 1.82) is 0 Å². The van der Waals surface area contributed by atoms with Crippen LogP contribution < -0.4 is 14.4 Å². The van der Waals surface area contributed by atoms with Gasteiger partial charge in [0.2, 0.25) is 5.91 Å². The van der Waals surface area contributed by atoms with Crippen LogP contribution in [0.4, 0.5) is 14.5 Å². The molecule has 0 aromatic heterocycles. The van der Waals surface area contributed by atoms with Crippen molar-refractivity contribution in [1.82, 2.24) is 18.8 Å². The molecule has 2 aromatic rings. The number of alkyl halides is 2. The average molecular weight is 836 g/mol. The Bertz CT molecular complexity index is 1940. The topological polar surface area (TPSA) is 152 Å². The summed E-state index contributed by atoms with van der Waals surface area (Å²) < 4.78 is 69.1.